The molecule has 4 rings (SSSR count). The van der Waals surface area contributed by atoms with Crippen LogP contribution in [0.2, 0.25) is 0 Å². The van der Waals surface area contributed by atoms with Gasteiger partial charge in [-0.15, -0.1) is 0 Å². The van der Waals surface area contributed by atoms with Gasteiger partial charge in [0.15, 0.2) is 11.5 Å². The minimum Gasteiger partial charge on any atom is -0.507 e. The van der Waals surface area contributed by atoms with Gasteiger partial charge in [-0.2, -0.15) is 0 Å². The molecule has 1 saturated heterocycles. The van der Waals surface area contributed by atoms with Gasteiger partial charge in [0.25, 0.3) is 11.7 Å². The number of benzene rings is 3. The molecule has 0 aliphatic carbocycles. The molecular formula is C31H33NO6. The number of anilines is 1. The highest BCUT2D eigenvalue weighted by Gasteiger charge is 2.47. The summed E-state index contributed by atoms with van der Waals surface area (Å²) in [4.78, 5) is 28.6. The van der Waals surface area contributed by atoms with Crippen molar-refractivity contribution >= 4 is 23.1 Å². The lowest BCUT2D eigenvalue weighted by molar-refractivity contribution is -0.132. The number of rotatable bonds is 8. The number of amides is 1. The van der Waals surface area contributed by atoms with Crippen LogP contribution in [0.1, 0.15) is 47.7 Å². The molecule has 1 amide bonds. The standard InChI is InChI=1S/C31H33NO6/c1-7-37-24-11-10-22(16-20(24)5)29(33)27-28(21-9-12-25(36-6)26(17-21)38-8-2)32(31(35)30(27)34)23-14-18(3)13-19(4)15-23/h9-17,28,33H,7-8H2,1-6H3/b29-27-. The zero-order valence-electron chi connectivity index (χ0n) is 22.6. The summed E-state index contributed by atoms with van der Waals surface area (Å²) in [5.41, 5.74) is 4.32. The summed E-state index contributed by atoms with van der Waals surface area (Å²) in [5, 5.41) is 11.5. The fourth-order valence-corrected chi connectivity index (χ4v) is 4.91. The molecule has 1 N–H and O–H groups in total. The molecule has 1 aliphatic rings. The minimum atomic E-state index is -0.881. The number of carbonyl (C=O) groups is 2. The Morgan fingerprint density at radius 1 is 0.842 bits per heavy atom. The van der Waals surface area contributed by atoms with Gasteiger partial charge in [0.05, 0.1) is 31.9 Å². The maximum atomic E-state index is 13.6. The summed E-state index contributed by atoms with van der Waals surface area (Å²) >= 11 is 0. The van der Waals surface area contributed by atoms with Crippen molar-refractivity contribution in [1.29, 1.82) is 0 Å². The van der Waals surface area contributed by atoms with Crippen molar-refractivity contribution in [2.45, 2.75) is 40.7 Å². The average Bonchev–Trinajstić information content (AvgIpc) is 3.14. The first-order valence-electron chi connectivity index (χ1n) is 12.6. The van der Waals surface area contributed by atoms with E-state index in [-0.39, 0.29) is 11.3 Å². The van der Waals surface area contributed by atoms with E-state index in [1.165, 1.54) is 4.90 Å². The van der Waals surface area contributed by atoms with Crippen LogP contribution in [0.3, 0.4) is 0 Å². The van der Waals surface area contributed by atoms with Crippen molar-refractivity contribution in [2.24, 2.45) is 0 Å². The monoisotopic (exact) mass is 515 g/mol. The molecule has 1 atom stereocenters. The Morgan fingerprint density at radius 2 is 1.47 bits per heavy atom. The van der Waals surface area contributed by atoms with Crippen LogP contribution in [0.4, 0.5) is 5.69 Å². The van der Waals surface area contributed by atoms with Gasteiger partial charge < -0.3 is 19.3 Å². The van der Waals surface area contributed by atoms with Crippen LogP contribution in [-0.2, 0) is 9.59 Å². The Balaban J connectivity index is 1.96. The van der Waals surface area contributed by atoms with Gasteiger partial charge in [0.2, 0.25) is 0 Å². The number of nitrogens with zero attached hydrogens (tertiary/aromatic N) is 1. The fourth-order valence-electron chi connectivity index (χ4n) is 4.91. The van der Waals surface area contributed by atoms with E-state index in [4.69, 9.17) is 14.2 Å². The number of aliphatic hydroxyl groups excluding tert-OH is 1. The van der Waals surface area contributed by atoms with Crippen LogP contribution in [0.25, 0.3) is 5.76 Å². The first-order chi connectivity index (χ1) is 18.2. The first kappa shape index (κ1) is 26.8. The van der Waals surface area contributed by atoms with E-state index in [0.717, 1.165) is 16.7 Å². The van der Waals surface area contributed by atoms with E-state index >= 15 is 0 Å². The van der Waals surface area contributed by atoms with Crippen molar-refractivity contribution in [3.8, 4) is 17.2 Å². The van der Waals surface area contributed by atoms with E-state index in [2.05, 4.69) is 0 Å². The number of aryl methyl sites for hydroxylation is 3. The topological polar surface area (TPSA) is 85.3 Å². The quantitative estimate of drug-likeness (QED) is 0.224. The predicted molar refractivity (Wildman–Crippen MR) is 147 cm³/mol. The van der Waals surface area contributed by atoms with Crippen LogP contribution in [-0.4, -0.2) is 37.1 Å². The van der Waals surface area contributed by atoms with E-state index < -0.39 is 17.7 Å². The third kappa shape index (κ3) is 4.96. The number of hydrogen-bond acceptors (Lipinski definition) is 6. The average molecular weight is 516 g/mol. The van der Waals surface area contributed by atoms with E-state index in [1.807, 2.05) is 52.8 Å². The molecule has 38 heavy (non-hydrogen) atoms. The van der Waals surface area contributed by atoms with Gasteiger partial charge in [-0.3, -0.25) is 14.5 Å². The third-order valence-corrected chi connectivity index (χ3v) is 6.48. The van der Waals surface area contributed by atoms with Crippen LogP contribution in [0.5, 0.6) is 17.2 Å². The van der Waals surface area contributed by atoms with Gasteiger partial charge in [-0.05, 0) is 99.3 Å². The molecule has 1 aliphatic heterocycles. The predicted octanol–water partition coefficient (Wildman–Crippen LogP) is 6.04. The molecule has 7 nitrogen and oxygen atoms in total. The summed E-state index contributed by atoms with van der Waals surface area (Å²) in [6, 6.07) is 15.3. The Kier molecular flexibility index (Phi) is 7.76. The molecular weight excluding hydrogens is 482 g/mol. The molecule has 198 valence electrons. The molecule has 0 spiro atoms. The Bertz CT molecular complexity index is 1400. The van der Waals surface area contributed by atoms with Gasteiger partial charge in [-0.1, -0.05) is 12.1 Å². The number of ether oxygens (including phenoxy) is 3. The highest BCUT2D eigenvalue weighted by molar-refractivity contribution is 6.51. The SMILES string of the molecule is CCOc1ccc(/C(O)=C2/C(=O)C(=O)N(c3cc(C)cc(C)c3)C2c2ccc(OC)c(OCC)c2)cc1C. The maximum Gasteiger partial charge on any atom is 0.300 e. The number of Topliss-reactive ketones (excluding diaryl/α,β-unsaturated/α-hetero) is 1. The lowest BCUT2D eigenvalue weighted by atomic mass is 9.94. The van der Waals surface area contributed by atoms with Gasteiger partial charge >= 0.3 is 0 Å². The maximum absolute atomic E-state index is 13.6. The number of methoxy groups -OCH3 is 1. The summed E-state index contributed by atoms with van der Waals surface area (Å²) in [6.07, 6.45) is 0. The highest BCUT2D eigenvalue weighted by Crippen LogP contribution is 2.44. The Morgan fingerprint density at radius 3 is 2.08 bits per heavy atom. The summed E-state index contributed by atoms with van der Waals surface area (Å²) < 4.78 is 16.9. The van der Waals surface area contributed by atoms with Crippen molar-refractivity contribution in [3.63, 3.8) is 0 Å². The van der Waals surface area contributed by atoms with Crippen molar-refractivity contribution in [1.82, 2.24) is 0 Å². The lowest BCUT2D eigenvalue weighted by Crippen LogP contribution is -2.29. The minimum absolute atomic E-state index is 0.00494. The molecule has 1 unspecified atom stereocenters. The van der Waals surface area contributed by atoms with E-state index in [0.29, 0.717) is 47.3 Å². The zero-order chi connectivity index (χ0) is 27.6. The Hall–Kier alpha value is -4.26. The Labute approximate surface area is 223 Å². The summed E-state index contributed by atoms with van der Waals surface area (Å²) in [6.45, 7) is 10.4. The van der Waals surface area contributed by atoms with Crippen LogP contribution < -0.4 is 19.1 Å². The molecule has 0 saturated carbocycles. The van der Waals surface area contributed by atoms with Crippen LogP contribution >= 0.6 is 0 Å². The fraction of sp³-hybridized carbons (Fsp3) is 0.290. The molecule has 0 radical (unpaired) electrons. The number of carbonyl (C=O) groups excluding carboxylic acids is 2. The second-order valence-corrected chi connectivity index (χ2v) is 9.27. The lowest BCUT2D eigenvalue weighted by Gasteiger charge is -2.27. The van der Waals surface area contributed by atoms with Crippen molar-refractivity contribution < 1.29 is 28.9 Å². The zero-order valence-corrected chi connectivity index (χ0v) is 22.6. The van der Waals surface area contributed by atoms with Crippen LogP contribution in [0, 0.1) is 20.8 Å². The second-order valence-electron chi connectivity index (χ2n) is 9.27. The molecule has 3 aromatic rings. The van der Waals surface area contributed by atoms with Crippen molar-refractivity contribution in [3.05, 3.63) is 88.0 Å². The second kappa shape index (κ2) is 11.0. The summed E-state index contributed by atoms with van der Waals surface area (Å²) in [5.74, 6) is -0.0191. The van der Waals surface area contributed by atoms with Gasteiger partial charge in [-0.25, -0.2) is 0 Å². The van der Waals surface area contributed by atoms with Gasteiger partial charge in [0, 0.05) is 11.3 Å². The normalized spacial score (nSPS) is 16.6. The van der Waals surface area contributed by atoms with E-state index in [9.17, 15) is 14.7 Å². The molecule has 0 aromatic heterocycles. The van der Waals surface area contributed by atoms with E-state index in [1.54, 1.807) is 43.5 Å². The van der Waals surface area contributed by atoms with Crippen LogP contribution in [0.15, 0.2) is 60.2 Å². The first-order valence-corrected chi connectivity index (χ1v) is 12.6. The number of hydrogen-bond donors (Lipinski definition) is 1. The molecule has 1 fully saturated rings. The highest BCUT2D eigenvalue weighted by atomic mass is 16.5. The largest absolute Gasteiger partial charge is 0.507 e. The number of aliphatic hydroxyl groups is 1. The molecule has 3 aromatic carbocycles. The molecule has 0 bridgehead atoms. The third-order valence-electron chi connectivity index (χ3n) is 6.48. The number of ketones is 1. The molecule has 1 heterocycles. The summed E-state index contributed by atoms with van der Waals surface area (Å²) in [7, 11) is 1.55. The molecule has 7 heteroatoms. The van der Waals surface area contributed by atoms with Gasteiger partial charge in [0.1, 0.15) is 11.5 Å². The van der Waals surface area contributed by atoms with Crippen molar-refractivity contribution in [2.75, 3.05) is 25.2 Å². The smallest absolute Gasteiger partial charge is 0.300 e.